The molecule has 34 valence electrons. The molecular formula is C4H10BN. The third-order valence-corrected chi connectivity index (χ3v) is 0.670. The summed E-state index contributed by atoms with van der Waals surface area (Å²) in [5.41, 5.74) is 0. The molecule has 0 aromatic heterocycles. The van der Waals surface area contributed by atoms with Gasteiger partial charge in [0.2, 0.25) is 0 Å². The summed E-state index contributed by atoms with van der Waals surface area (Å²) in [5, 5.41) is 0. The van der Waals surface area contributed by atoms with Crippen LogP contribution in [0.25, 0.3) is 0 Å². The molecule has 0 saturated heterocycles. The third-order valence-electron chi connectivity index (χ3n) is 0.670. The molecule has 0 aromatic carbocycles. The topological polar surface area (TPSA) is 12.4 Å². The van der Waals surface area contributed by atoms with Crippen molar-refractivity contribution in [3.8, 4) is 0 Å². The second-order valence-corrected chi connectivity index (χ2v) is 1.30. The molecule has 0 saturated carbocycles. The maximum absolute atomic E-state index is 3.68. The average molecular weight is 82.9 g/mol. The van der Waals surface area contributed by atoms with Crippen LogP contribution in [0.2, 0.25) is 0 Å². The van der Waals surface area contributed by atoms with E-state index >= 15 is 0 Å². The molecule has 0 aromatic rings. The van der Waals surface area contributed by atoms with Crippen molar-refractivity contribution in [3.05, 3.63) is 0 Å². The van der Waals surface area contributed by atoms with E-state index in [-0.39, 0.29) is 0 Å². The van der Waals surface area contributed by atoms with Crippen molar-refractivity contribution in [2.75, 3.05) is 6.54 Å². The summed E-state index contributed by atoms with van der Waals surface area (Å²) < 4.78 is 0. The van der Waals surface area contributed by atoms with Crippen LogP contribution in [0.3, 0.4) is 0 Å². The number of hydrogen-bond donors (Lipinski definition) is 0. The van der Waals surface area contributed by atoms with Crippen molar-refractivity contribution >= 4 is 7.64 Å². The molecule has 0 heterocycles. The van der Waals surface area contributed by atoms with Crippen LogP contribution in [0.15, 0.2) is 4.90 Å². The van der Waals surface area contributed by atoms with Crippen LogP contribution >= 0.6 is 0 Å². The van der Waals surface area contributed by atoms with E-state index in [2.05, 4.69) is 19.5 Å². The molecule has 0 rings (SSSR count). The first-order chi connectivity index (χ1) is 2.91. The van der Waals surface area contributed by atoms with Crippen molar-refractivity contribution in [3.63, 3.8) is 0 Å². The average Bonchev–Trinajstić information content (AvgIpc) is 1.61. The van der Waals surface area contributed by atoms with Gasteiger partial charge in [-0.3, -0.25) is 0 Å². The van der Waals surface area contributed by atoms with E-state index < -0.39 is 0 Å². The molecule has 0 amide bonds. The van der Waals surface area contributed by atoms with Crippen LogP contribution in [0.1, 0.15) is 19.8 Å². The minimum absolute atomic E-state index is 0.927. The summed E-state index contributed by atoms with van der Waals surface area (Å²) in [6.45, 7) is 3.07. The van der Waals surface area contributed by atoms with Crippen LogP contribution in [-0.2, 0) is 0 Å². The fraction of sp³-hybridized carbons (Fsp3) is 1.00. The Kier molecular flexibility index (Phi) is 4.76. The van der Waals surface area contributed by atoms with Gasteiger partial charge in [0.1, 0.15) is 0 Å². The van der Waals surface area contributed by atoms with E-state index in [9.17, 15) is 0 Å². The second kappa shape index (κ2) is 4.86. The van der Waals surface area contributed by atoms with Crippen molar-refractivity contribution in [1.82, 2.24) is 0 Å². The Morgan fingerprint density at radius 2 is 2.33 bits per heavy atom. The predicted molar refractivity (Wildman–Crippen MR) is 29.4 cm³/mol. The van der Waals surface area contributed by atoms with Gasteiger partial charge in [-0.25, -0.2) is 0 Å². The number of unbranched alkanes of at least 4 members (excludes halogenated alkanes) is 1. The molecule has 0 aliphatic heterocycles. The first-order valence-corrected chi connectivity index (χ1v) is 2.34. The van der Waals surface area contributed by atoms with Gasteiger partial charge in [0.15, 0.2) is 0 Å². The summed E-state index contributed by atoms with van der Waals surface area (Å²) in [5.74, 6) is 0. The Bertz CT molecular complexity index is 36.5. The monoisotopic (exact) mass is 83.1 g/mol. The summed E-state index contributed by atoms with van der Waals surface area (Å²) in [6, 6.07) is 0. The van der Waals surface area contributed by atoms with Gasteiger partial charge in [0, 0.05) is 0 Å². The standard InChI is InChI=1S/C4H10BN/c1-2-3-4-6-5/h5H,2-4H2,1H3. The number of nitrogens with zero attached hydrogens (tertiary/aromatic N) is 1. The zero-order valence-electron chi connectivity index (χ0n) is 4.28. The molecule has 0 fully saturated rings. The fourth-order valence-corrected chi connectivity index (χ4v) is 0.270. The van der Waals surface area contributed by atoms with Crippen LogP contribution in [-0.4, -0.2) is 14.2 Å². The summed E-state index contributed by atoms with van der Waals surface area (Å²) in [6.07, 6.45) is 2.41. The van der Waals surface area contributed by atoms with Crippen LogP contribution in [0.5, 0.6) is 0 Å². The van der Waals surface area contributed by atoms with Gasteiger partial charge < -0.3 is 0 Å². The molecule has 2 heteroatoms. The number of hydrogen-bond acceptors (Lipinski definition) is 1. The maximum atomic E-state index is 3.68. The van der Waals surface area contributed by atoms with E-state index in [1.807, 2.05) is 0 Å². The molecule has 6 heavy (non-hydrogen) atoms. The zero-order valence-corrected chi connectivity index (χ0v) is 4.28. The first-order valence-electron chi connectivity index (χ1n) is 2.34. The van der Waals surface area contributed by atoms with Gasteiger partial charge in [-0.1, -0.05) is 0 Å². The zero-order chi connectivity index (χ0) is 4.83. The van der Waals surface area contributed by atoms with E-state index in [0.717, 1.165) is 6.54 Å². The summed E-state index contributed by atoms with van der Waals surface area (Å²) in [4.78, 5) is 3.68. The van der Waals surface area contributed by atoms with Crippen molar-refractivity contribution < 1.29 is 0 Å². The molecule has 1 nitrogen and oxygen atoms in total. The Balaban J connectivity index is 2.49. The Labute approximate surface area is 39.9 Å². The van der Waals surface area contributed by atoms with Crippen molar-refractivity contribution in [2.24, 2.45) is 4.90 Å². The minimum atomic E-state index is 0.927. The summed E-state index contributed by atoms with van der Waals surface area (Å²) in [7, 11) is 3.35. The van der Waals surface area contributed by atoms with Gasteiger partial charge >= 0.3 is 38.8 Å². The molecule has 0 spiro atoms. The van der Waals surface area contributed by atoms with E-state index in [1.165, 1.54) is 12.8 Å². The quantitative estimate of drug-likeness (QED) is 0.354. The van der Waals surface area contributed by atoms with Crippen molar-refractivity contribution in [1.29, 1.82) is 0 Å². The van der Waals surface area contributed by atoms with E-state index in [1.54, 1.807) is 0 Å². The van der Waals surface area contributed by atoms with Crippen LogP contribution in [0.4, 0.5) is 0 Å². The number of rotatable bonds is 3. The molecule has 0 radical (unpaired) electrons. The van der Waals surface area contributed by atoms with Gasteiger partial charge in [0.25, 0.3) is 0 Å². The van der Waals surface area contributed by atoms with Crippen LogP contribution < -0.4 is 0 Å². The molecule has 0 unspecified atom stereocenters. The molecular weight excluding hydrogens is 72.9 g/mol. The molecule has 0 aliphatic carbocycles. The third kappa shape index (κ3) is 3.86. The second-order valence-electron chi connectivity index (χ2n) is 1.30. The van der Waals surface area contributed by atoms with Gasteiger partial charge in [-0.05, 0) is 0 Å². The van der Waals surface area contributed by atoms with E-state index in [0.29, 0.717) is 0 Å². The molecule has 0 N–H and O–H groups in total. The normalized spacial score (nSPS) is 8.00. The van der Waals surface area contributed by atoms with E-state index in [4.69, 9.17) is 0 Å². The predicted octanol–water partition coefficient (Wildman–Crippen LogP) is 0.871. The van der Waals surface area contributed by atoms with Gasteiger partial charge in [-0.15, -0.1) is 0 Å². The van der Waals surface area contributed by atoms with Gasteiger partial charge in [0.05, 0.1) is 0 Å². The SMILES string of the molecule is B=NCCCC. The molecule has 0 aliphatic rings. The summed E-state index contributed by atoms with van der Waals surface area (Å²) >= 11 is 0. The molecule has 0 atom stereocenters. The van der Waals surface area contributed by atoms with Crippen LogP contribution in [0, 0.1) is 0 Å². The van der Waals surface area contributed by atoms with Crippen molar-refractivity contribution in [2.45, 2.75) is 19.8 Å². The first kappa shape index (κ1) is 5.86. The molecule has 0 bridgehead atoms. The van der Waals surface area contributed by atoms with Gasteiger partial charge in [-0.2, -0.15) is 0 Å². The fourth-order valence-electron chi connectivity index (χ4n) is 0.270. The Morgan fingerprint density at radius 1 is 1.67 bits per heavy atom. The Morgan fingerprint density at radius 3 is 2.50 bits per heavy atom. The Hall–Kier alpha value is -0.135.